The van der Waals surface area contributed by atoms with E-state index in [-0.39, 0.29) is 12.1 Å². The van der Waals surface area contributed by atoms with E-state index in [1.165, 1.54) is 17.8 Å². The third kappa shape index (κ3) is 3.73. The van der Waals surface area contributed by atoms with Crippen LogP contribution in [-0.2, 0) is 18.3 Å². The summed E-state index contributed by atoms with van der Waals surface area (Å²) < 4.78 is 38.3. The number of rotatable bonds is 3. The topological polar surface area (TPSA) is 36.4 Å². The smallest absolute Gasteiger partial charge is 0.385 e. The van der Waals surface area contributed by atoms with Crippen LogP contribution in [0.3, 0.4) is 0 Å². The summed E-state index contributed by atoms with van der Waals surface area (Å²) >= 11 is 0. The molecule has 6 heteroatoms. The Morgan fingerprint density at radius 2 is 1.70 bits per heavy atom. The molecule has 2 atom stereocenters. The lowest BCUT2D eigenvalue weighted by atomic mass is 9.72. The van der Waals surface area contributed by atoms with Crippen LogP contribution in [0.25, 0.3) is 0 Å². The van der Waals surface area contributed by atoms with E-state index in [1.807, 2.05) is 18.2 Å². The highest BCUT2D eigenvalue weighted by Crippen LogP contribution is 2.45. The average Bonchev–Trinajstić information content (AvgIpc) is 2.63. The molecule has 2 bridgehead atoms. The second-order valence-corrected chi connectivity index (χ2v) is 7.77. The molecule has 2 aliphatic heterocycles. The van der Waals surface area contributed by atoms with Crippen LogP contribution in [0.4, 0.5) is 13.2 Å². The van der Waals surface area contributed by atoms with Gasteiger partial charge in [0.15, 0.2) is 0 Å². The zero-order chi connectivity index (χ0) is 19.1. The minimum absolute atomic E-state index is 0.227. The van der Waals surface area contributed by atoms with Crippen LogP contribution in [0.1, 0.15) is 48.9 Å². The number of alkyl halides is 3. The fourth-order valence-electron chi connectivity index (χ4n) is 4.65. The van der Waals surface area contributed by atoms with E-state index >= 15 is 0 Å². The van der Waals surface area contributed by atoms with Gasteiger partial charge in [0, 0.05) is 30.4 Å². The van der Waals surface area contributed by atoms with Crippen molar-refractivity contribution < 1.29 is 18.3 Å². The van der Waals surface area contributed by atoms with Gasteiger partial charge in [0.2, 0.25) is 0 Å². The van der Waals surface area contributed by atoms with Gasteiger partial charge in [0.05, 0.1) is 5.60 Å². The molecule has 1 aromatic heterocycles. The Hall–Kier alpha value is -1.92. The largest absolute Gasteiger partial charge is 0.433 e. The van der Waals surface area contributed by atoms with E-state index < -0.39 is 17.5 Å². The highest BCUT2D eigenvalue weighted by Gasteiger charge is 2.46. The maximum Gasteiger partial charge on any atom is 0.433 e. The van der Waals surface area contributed by atoms with E-state index in [0.717, 1.165) is 31.9 Å². The van der Waals surface area contributed by atoms with Crippen LogP contribution in [0.5, 0.6) is 0 Å². The fraction of sp³-hybridized carbons (Fsp3) is 0.476. The van der Waals surface area contributed by atoms with Gasteiger partial charge in [0.25, 0.3) is 0 Å². The van der Waals surface area contributed by atoms with Gasteiger partial charge in [-0.25, -0.2) is 0 Å². The molecule has 2 saturated heterocycles. The maximum atomic E-state index is 12.8. The molecule has 2 aliphatic rings. The number of aliphatic hydroxyl groups is 1. The first-order valence-electron chi connectivity index (χ1n) is 9.41. The van der Waals surface area contributed by atoms with Crippen molar-refractivity contribution in [3.05, 3.63) is 65.5 Å². The van der Waals surface area contributed by atoms with Crippen molar-refractivity contribution in [2.24, 2.45) is 0 Å². The number of halogens is 3. The number of aromatic nitrogens is 1. The van der Waals surface area contributed by atoms with Gasteiger partial charge in [-0.3, -0.25) is 9.88 Å². The number of benzene rings is 1. The lowest BCUT2D eigenvalue weighted by molar-refractivity contribution is -0.141. The lowest BCUT2D eigenvalue weighted by Crippen LogP contribution is -2.56. The summed E-state index contributed by atoms with van der Waals surface area (Å²) in [5.41, 5.74) is -0.292. The first kappa shape index (κ1) is 18.4. The van der Waals surface area contributed by atoms with E-state index in [4.69, 9.17) is 0 Å². The number of nitrogens with zero attached hydrogens (tertiary/aromatic N) is 2. The molecule has 0 saturated carbocycles. The minimum Gasteiger partial charge on any atom is -0.385 e. The lowest BCUT2D eigenvalue weighted by Gasteiger charge is -2.52. The molecule has 3 heterocycles. The number of hydrogen-bond acceptors (Lipinski definition) is 3. The second kappa shape index (κ2) is 6.91. The number of hydrogen-bond donors (Lipinski definition) is 1. The zero-order valence-corrected chi connectivity index (χ0v) is 15.0. The van der Waals surface area contributed by atoms with E-state index in [9.17, 15) is 18.3 Å². The van der Waals surface area contributed by atoms with Gasteiger partial charge in [-0.1, -0.05) is 42.8 Å². The normalized spacial score (nSPS) is 28.9. The Labute approximate surface area is 156 Å². The van der Waals surface area contributed by atoms with Gasteiger partial charge in [-0.2, -0.15) is 13.2 Å². The molecule has 1 aromatic carbocycles. The van der Waals surface area contributed by atoms with Gasteiger partial charge in [-0.05, 0) is 37.3 Å². The summed E-state index contributed by atoms with van der Waals surface area (Å²) in [6.07, 6.45) is 0.927. The van der Waals surface area contributed by atoms with Crippen molar-refractivity contribution in [2.45, 2.75) is 62.5 Å². The summed E-state index contributed by atoms with van der Waals surface area (Å²) in [4.78, 5) is 6.02. The molecule has 3 nitrogen and oxygen atoms in total. The van der Waals surface area contributed by atoms with Crippen LogP contribution < -0.4 is 0 Å². The van der Waals surface area contributed by atoms with Crippen molar-refractivity contribution in [3.8, 4) is 0 Å². The Balaban J connectivity index is 1.55. The Morgan fingerprint density at radius 3 is 2.26 bits per heavy atom. The van der Waals surface area contributed by atoms with Crippen LogP contribution in [0.15, 0.2) is 48.7 Å². The van der Waals surface area contributed by atoms with Gasteiger partial charge in [-0.15, -0.1) is 0 Å². The monoisotopic (exact) mass is 376 g/mol. The highest BCUT2D eigenvalue weighted by molar-refractivity contribution is 5.25. The first-order valence-corrected chi connectivity index (χ1v) is 9.41. The summed E-state index contributed by atoms with van der Waals surface area (Å²) in [7, 11) is 0. The second-order valence-electron chi connectivity index (χ2n) is 7.77. The van der Waals surface area contributed by atoms with Crippen molar-refractivity contribution in [1.82, 2.24) is 9.88 Å². The van der Waals surface area contributed by atoms with Gasteiger partial charge in [0.1, 0.15) is 5.69 Å². The molecular formula is C21H23F3N2O. The number of pyridine rings is 1. The summed E-state index contributed by atoms with van der Waals surface area (Å²) in [5, 5.41) is 11.3. The van der Waals surface area contributed by atoms with E-state index in [1.54, 1.807) is 0 Å². The maximum absolute atomic E-state index is 12.8. The predicted octanol–water partition coefficient (Wildman–Crippen LogP) is 4.51. The number of fused-ring (bicyclic) bond motifs is 2. The van der Waals surface area contributed by atoms with Gasteiger partial charge < -0.3 is 5.11 Å². The van der Waals surface area contributed by atoms with Crippen molar-refractivity contribution in [3.63, 3.8) is 0 Å². The van der Waals surface area contributed by atoms with E-state index in [2.05, 4.69) is 22.0 Å². The molecule has 0 amide bonds. The molecule has 27 heavy (non-hydrogen) atoms. The highest BCUT2D eigenvalue weighted by atomic mass is 19.4. The molecule has 0 aliphatic carbocycles. The van der Waals surface area contributed by atoms with Crippen LogP contribution in [0.2, 0.25) is 0 Å². The fourth-order valence-corrected chi connectivity index (χ4v) is 4.65. The summed E-state index contributed by atoms with van der Waals surface area (Å²) in [6, 6.07) is 13.1. The molecular weight excluding hydrogens is 353 g/mol. The third-order valence-corrected chi connectivity index (χ3v) is 5.96. The quantitative estimate of drug-likeness (QED) is 0.857. The molecule has 0 spiro atoms. The molecule has 2 unspecified atom stereocenters. The third-order valence-electron chi connectivity index (χ3n) is 5.96. The van der Waals surface area contributed by atoms with Crippen LogP contribution >= 0.6 is 0 Å². The number of piperidine rings is 2. The summed E-state index contributed by atoms with van der Waals surface area (Å²) in [6.45, 7) is 0.845. The predicted molar refractivity (Wildman–Crippen MR) is 95.8 cm³/mol. The molecule has 2 aromatic rings. The van der Waals surface area contributed by atoms with Crippen molar-refractivity contribution >= 4 is 0 Å². The van der Waals surface area contributed by atoms with Crippen molar-refractivity contribution in [2.75, 3.05) is 0 Å². The molecule has 1 N–H and O–H groups in total. The SMILES string of the molecule is OC1(c2ccc(C(F)(F)F)nc2)CC2CCCC(C1)N2Cc1ccccc1. The molecule has 144 valence electrons. The minimum atomic E-state index is -4.46. The van der Waals surface area contributed by atoms with E-state index in [0.29, 0.717) is 18.4 Å². The Morgan fingerprint density at radius 1 is 1.04 bits per heavy atom. The zero-order valence-electron chi connectivity index (χ0n) is 15.0. The van der Waals surface area contributed by atoms with Gasteiger partial charge >= 0.3 is 6.18 Å². The van der Waals surface area contributed by atoms with Crippen LogP contribution in [-0.4, -0.2) is 27.1 Å². The Bertz CT molecular complexity index is 762. The average molecular weight is 376 g/mol. The Kier molecular flexibility index (Phi) is 4.72. The van der Waals surface area contributed by atoms with Crippen LogP contribution in [0, 0.1) is 0 Å². The molecule has 0 radical (unpaired) electrons. The summed E-state index contributed by atoms with van der Waals surface area (Å²) in [5.74, 6) is 0. The molecule has 4 rings (SSSR count). The standard InChI is InChI=1S/C21H23F3N2O/c22-21(23,24)19-10-9-16(13-25-19)20(27)11-17-7-4-8-18(12-20)26(17)14-15-5-2-1-3-6-15/h1-3,5-6,9-10,13,17-18,27H,4,7-8,11-12,14H2. The first-order chi connectivity index (χ1) is 12.9. The molecule has 2 fully saturated rings. The van der Waals surface area contributed by atoms with Crippen molar-refractivity contribution in [1.29, 1.82) is 0 Å².